The van der Waals surface area contributed by atoms with E-state index in [-0.39, 0.29) is 5.56 Å². The second kappa shape index (κ2) is 8.05. The Morgan fingerprint density at radius 2 is 1.65 bits per heavy atom. The van der Waals surface area contributed by atoms with Crippen LogP contribution >= 0.6 is 28.1 Å². The van der Waals surface area contributed by atoms with E-state index in [2.05, 4.69) is 15.9 Å². The zero-order valence-electron chi connectivity index (χ0n) is 15.0. The quantitative estimate of drug-likeness (QED) is 0.350. The van der Waals surface area contributed by atoms with Crippen LogP contribution in [0.5, 0.6) is 0 Å². The van der Waals surface area contributed by atoms with E-state index < -0.39 is 12.1 Å². The lowest BCUT2D eigenvalue weighted by Gasteiger charge is -2.19. The van der Waals surface area contributed by atoms with Gasteiger partial charge < -0.3 is 0 Å². The van der Waals surface area contributed by atoms with Gasteiger partial charge in [-0.15, -0.1) is 0 Å². The molecule has 5 heteroatoms. The van der Waals surface area contributed by atoms with Crippen LogP contribution in [-0.2, 0) is 0 Å². The van der Waals surface area contributed by atoms with Crippen molar-refractivity contribution in [2.75, 3.05) is 0 Å². The Hall–Kier alpha value is -1.46. The van der Waals surface area contributed by atoms with E-state index in [0.717, 1.165) is 31.6 Å². The Morgan fingerprint density at radius 3 is 2.12 bits per heavy atom. The minimum absolute atomic E-state index is 0.264. The molecule has 0 bridgehead atoms. The smallest absolute Gasteiger partial charge is 0.170 e. The Morgan fingerprint density at radius 1 is 1.08 bits per heavy atom. The van der Waals surface area contributed by atoms with Crippen molar-refractivity contribution in [3.8, 4) is 0 Å². The van der Waals surface area contributed by atoms with Crippen molar-refractivity contribution in [2.24, 2.45) is 0 Å². The lowest BCUT2D eigenvalue weighted by Crippen LogP contribution is -2.19. The number of benzene rings is 2. The van der Waals surface area contributed by atoms with Gasteiger partial charge in [-0.1, -0.05) is 64.6 Å². The van der Waals surface area contributed by atoms with Crippen molar-refractivity contribution in [3.05, 3.63) is 74.3 Å². The van der Waals surface area contributed by atoms with E-state index in [0.29, 0.717) is 5.56 Å². The first-order valence-corrected chi connectivity index (χ1v) is 9.34. The Labute approximate surface area is 166 Å². The van der Waals surface area contributed by atoms with Crippen LogP contribution in [0.4, 0.5) is 13.2 Å². The summed E-state index contributed by atoms with van der Waals surface area (Å²) in [7, 11) is 0. The number of hydrogen-bond donors (Lipinski definition) is 0. The van der Waals surface area contributed by atoms with Gasteiger partial charge in [-0.25, -0.2) is 0 Å². The number of thiocarbonyl (C=S) groups is 1. The van der Waals surface area contributed by atoms with Gasteiger partial charge in [0.05, 0.1) is 5.92 Å². The van der Waals surface area contributed by atoms with Crippen LogP contribution in [0.25, 0.3) is 6.08 Å². The van der Waals surface area contributed by atoms with Gasteiger partial charge >= 0.3 is 6.18 Å². The van der Waals surface area contributed by atoms with Crippen LogP contribution in [0.2, 0.25) is 0 Å². The van der Waals surface area contributed by atoms with Crippen molar-refractivity contribution in [2.45, 2.75) is 39.8 Å². The molecule has 26 heavy (non-hydrogen) atoms. The molecule has 0 aliphatic rings. The van der Waals surface area contributed by atoms with E-state index in [1.807, 2.05) is 33.8 Å². The lowest BCUT2D eigenvalue weighted by atomic mass is 9.91. The van der Waals surface area contributed by atoms with Crippen LogP contribution < -0.4 is 0 Å². The lowest BCUT2D eigenvalue weighted by molar-refractivity contribution is -0.139. The van der Waals surface area contributed by atoms with Gasteiger partial charge in [0.15, 0.2) is 0 Å². The van der Waals surface area contributed by atoms with Crippen molar-refractivity contribution >= 4 is 39.1 Å². The average molecular weight is 441 g/mol. The van der Waals surface area contributed by atoms with Crippen molar-refractivity contribution in [3.63, 3.8) is 0 Å². The predicted octanol–water partition coefficient (Wildman–Crippen LogP) is 7.47. The Kier molecular flexibility index (Phi) is 6.46. The molecule has 1 unspecified atom stereocenters. The standard InChI is InChI=1S/C21H20BrF3S/c1-12-9-17(10-13(2)14(12)3)19(21(23,24)25)8-6-16-5-7-18(15(4)26)20(22)11-16/h5-11,19H,1-4H3/b8-6+. The minimum atomic E-state index is -4.35. The third-order valence-corrected chi connectivity index (χ3v) is 5.39. The summed E-state index contributed by atoms with van der Waals surface area (Å²) in [6, 6.07) is 8.61. The predicted molar refractivity (Wildman–Crippen MR) is 110 cm³/mol. The SMILES string of the molecule is CC(=S)c1ccc(/C=C/C(c2cc(C)c(C)c(C)c2)C(F)(F)F)cc1Br. The first kappa shape index (κ1) is 20.8. The zero-order chi connectivity index (χ0) is 19.6. The van der Waals surface area contributed by atoms with Gasteiger partial charge in [0, 0.05) is 14.9 Å². The van der Waals surface area contributed by atoms with Crippen molar-refractivity contribution in [1.29, 1.82) is 0 Å². The summed E-state index contributed by atoms with van der Waals surface area (Å²) >= 11 is 8.57. The molecule has 2 aromatic carbocycles. The average Bonchev–Trinajstić information content (AvgIpc) is 2.51. The fourth-order valence-corrected chi connectivity index (χ4v) is 3.79. The number of rotatable bonds is 4. The highest BCUT2D eigenvalue weighted by atomic mass is 79.9. The first-order chi connectivity index (χ1) is 12.0. The molecule has 0 amide bonds. The molecule has 0 saturated heterocycles. The largest absolute Gasteiger partial charge is 0.399 e. The van der Waals surface area contributed by atoms with E-state index in [4.69, 9.17) is 12.2 Å². The highest BCUT2D eigenvalue weighted by molar-refractivity contribution is 9.10. The van der Waals surface area contributed by atoms with Gasteiger partial charge in [-0.2, -0.15) is 13.2 Å². The molecule has 0 aliphatic heterocycles. The molecule has 2 aromatic rings. The summed E-state index contributed by atoms with van der Waals surface area (Å²) in [6.07, 6.45) is -1.63. The zero-order valence-corrected chi connectivity index (χ0v) is 17.4. The molecular formula is C21H20BrF3S. The molecule has 0 fully saturated rings. The minimum Gasteiger partial charge on any atom is -0.170 e. The van der Waals surface area contributed by atoms with Gasteiger partial charge in [-0.3, -0.25) is 0 Å². The molecule has 1 atom stereocenters. The summed E-state index contributed by atoms with van der Waals surface area (Å²) in [6.45, 7) is 7.41. The summed E-state index contributed by atoms with van der Waals surface area (Å²) in [5.74, 6) is -1.65. The highest BCUT2D eigenvalue weighted by Crippen LogP contribution is 2.38. The maximum atomic E-state index is 13.6. The molecule has 0 aromatic heterocycles. The number of allylic oxidation sites excluding steroid dienone is 1. The number of aryl methyl sites for hydroxylation is 2. The molecule has 0 nitrogen and oxygen atoms in total. The summed E-state index contributed by atoms with van der Waals surface area (Å²) in [5.41, 5.74) is 4.58. The third kappa shape index (κ3) is 4.83. The second-order valence-corrected chi connectivity index (χ2v) is 7.92. The maximum Gasteiger partial charge on any atom is 0.399 e. The number of alkyl halides is 3. The molecule has 0 spiro atoms. The molecule has 0 N–H and O–H groups in total. The fourth-order valence-electron chi connectivity index (χ4n) is 2.79. The van der Waals surface area contributed by atoms with E-state index >= 15 is 0 Å². The van der Waals surface area contributed by atoms with E-state index in [1.165, 1.54) is 12.2 Å². The molecule has 0 saturated carbocycles. The van der Waals surface area contributed by atoms with Gasteiger partial charge in [0.1, 0.15) is 0 Å². The molecule has 2 rings (SSSR count). The Bertz CT molecular complexity index is 843. The molecule has 0 radical (unpaired) electrons. The second-order valence-electron chi connectivity index (χ2n) is 6.45. The molecule has 0 heterocycles. The Balaban J connectivity index is 2.42. The summed E-state index contributed by atoms with van der Waals surface area (Å²) in [4.78, 5) is 0.728. The van der Waals surface area contributed by atoms with E-state index in [1.54, 1.807) is 24.3 Å². The van der Waals surface area contributed by atoms with Crippen LogP contribution in [0.15, 0.2) is 40.9 Å². The molecule has 0 aliphatic carbocycles. The van der Waals surface area contributed by atoms with Crippen LogP contribution in [0.1, 0.15) is 46.2 Å². The van der Waals surface area contributed by atoms with Gasteiger partial charge in [0.2, 0.25) is 0 Å². The van der Waals surface area contributed by atoms with Crippen molar-refractivity contribution < 1.29 is 13.2 Å². The molecular weight excluding hydrogens is 421 g/mol. The fraction of sp³-hybridized carbons (Fsp3) is 0.286. The number of hydrogen-bond acceptors (Lipinski definition) is 1. The summed E-state index contributed by atoms with van der Waals surface area (Å²) in [5, 5.41) is 0. The molecule has 138 valence electrons. The monoisotopic (exact) mass is 440 g/mol. The van der Waals surface area contributed by atoms with Gasteiger partial charge in [-0.05, 0) is 61.6 Å². The highest BCUT2D eigenvalue weighted by Gasteiger charge is 2.39. The van der Waals surface area contributed by atoms with E-state index in [9.17, 15) is 13.2 Å². The van der Waals surface area contributed by atoms with Crippen LogP contribution in [0, 0.1) is 20.8 Å². The topological polar surface area (TPSA) is 0 Å². The van der Waals surface area contributed by atoms with Crippen molar-refractivity contribution in [1.82, 2.24) is 0 Å². The first-order valence-electron chi connectivity index (χ1n) is 8.14. The van der Waals surface area contributed by atoms with Crippen LogP contribution in [0.3, 0.4) is 0 Å². The normalized spacial score (nSPS) is 13.2. The summed E-state index contributed by atoms with van der Waals surface area (Å²) < 4.78 is 41.7. The van der Waals surface area contributed by atoms with Crippen LogP contribution in [-0.4, -0.2) is 11.0 Å². The maximum absolute atomic E-state index is 13.6. The number of halogens is 4. The van der Waals surface area contributed by atoms with Gasteiger partial charge in [0.25, 0.3) is 0 Å². The third-order valence-electron chi connectivity index (χ3n) is 4.51.